The highest BCUT2D eigenvalue weighted by atomic mass is 19.4. The second-order valence-corrected chi connectivity index (χ2v) is 3.90. The average molecular weight is 268 g/mol. The van der Waals surface area contributed by atoms with Gasteiger partial charge in [0, 0.05) is 11.1 Å². The molecule has 0 amide bonds. The summed E-state index contributed by atoms with van der Waals surface area (Å²) in [5, 5.41) is 0. The fourth-order valence-electron chi connectivity index (χ4n) is 1.79. The van der Waals surface area contributed by atoms with Gasteiger partial charge in [-0.1, -0.05) is 30.3 Å². The molecule has 0 atom stereocenters. The van der Waals surface area contributed by atoms with Crippen LogP contribution in [-0.2, 0) is 6.18 Å². The van der Waals surface area contributed by atoms with Crippen LogP contribution in [0.4, 0.5) is 17.6 Å². The van der Waals surface area contributed by atoms with E-state index in [1.165, 1.54) is 30.3 Å². The minimum absolute atomic E-state index is 0.0748. The topological polar surface area (TPSA) is 17.1 Å². The van der Waals surface area contributed by atoms with Crippen molar-refractivity contribution in [2.45, 2.75) is 6.18 Å². The molecule has 0 unspecified atom stereocenters. The molecule has 0 bridgehead atoms. The molecular formula is C14H8F4O. The Labute approximate surface area is 106 Å². The van der Waals surface area contributed by atoms with E-state index < -0.39 is 17.6 Å². The average Bonchev–Trinajstić information content (AvgIpc) is 2.37. The quantitative estimate of drug-likeness (QED) is 0.585. The minimum Gasteiger partial charge on any atom is -0.298 e. The van der Waals surface area contributed by atoms with Crippen molar-refractivity contribution < 1.29 is 22.4 Å². The third-order valence-corrected chi connectivity index (χ3v) is 2.65. The van der Waals surface area contributed by atoms with Gasteiger partial charge in [-0.2, -0.15) is 13.2 Å². The highest BCUT2D eigenvalue weighted by Gasteiger charge is 2.33. The van der Waals surface area contributed by atoms with Gasteiger partial charge < -0.3 is 0 Å². The molecule has 2 rings (SSSR count). The summed E-state index contributed by atoms with van der Waals surface area (Å²) in [5.74, 6) is -0.860. The standard InChI is InChI=1S/C14H8F4O/c15-13-7-9(8-19)5-6-11(13)10-3-1-2-4-12(10)14(16,17)18/h1-8H. The van der Waals surface area contributed by atoms with Gasteiger partial charge in [-0.15, -0.1) is 0 Å². The summed E-state index contributed by atoms with van der Waals surface area (Å²) in [4.78, 5) is 10.5. The monoisotopic (exact) mass is 268 g/mol. The van der Waals surface area contributed by atoms with Crippen molar-refractivity contribution in [3.05, 3.63) is 59.4 Å². The maximum Gasteiger partial charge on any atom is 0.417 e. The van der Waals surface area contributed by atoms with Crippen LogP contribution in [0.1, 0.15) is 15.9 Å². The molecule has 0 heterocycles. The lowest BCUT2D eigenvalue weighted by Crippen LogP contribution is -2.07. The van der Waals surface area contributed by atoms with Crippen molar-refractivity contribution in [1.29, 1.82) is 0 Å². The zero-order valence-corrected chi connectivity index (χ0v) is 9.54. The Balaban J connectivity index is 2.63. The van der Waals surface area contributed by atoms with E-state index in [9.17, 15) is 22.4 Å². The maximum absolute atomic E-state index is 13.8. The first-order valence-electron chi connectivity index (χ1n) is 5.35. The number of hydrogen-bond donors (Lipinski definition) is 0. The minimum atomic E-state index is -4.56. The Morgan fingerprint density at radius 2 is 1.63 bits per heavy atom. The van der Waals surface area contributed by atoms with E-state index in [1.54, 1.807) is 0 Å². The third-order valence-electron chi connectivity index (χ3n) is 2.65. The molecule has 0 aliphatic carbocycles. The van der Waals surface area contributed by atoms with E-state index in [2.05, 4.69) is 0 Å². The molecule has 0 saturated carbocycles. The summed E-state index contributed by atoms with van der Waals surface area (Å²) < 4.78 is 52.3. The molecular weight excluding hydrogens is 260 g/mol. The normalized spacial score (nSPS) is 11.4. The Morgan fingerprint density at radius 1 is 0.947 bits per heavy atom. The molecule has 0 fully saturated rings. The zero-order chi connectivity index (χ0) is 14.0. The molecule has 0 spiro atoms. The van der Waals surface area contributed by atoms with Gasteiger partial charge in [0.25, 0.3) is 0 Å². The first-order chi connectivity index (χ1) is 8.93. The van der Waals surface area contributed by atoms with Crippen LogP contribution in [0.25, 0.3) is 11.1 Å². The number of carbonyl (C=O) groups is 1. The lowest BCUT2D eigenvalue weighted by atomic mass is 9.98. The molecule has 0 saturated heterocycles. The second kappa shape index (κ2) is 4.84. The number of aldehydes is 1. The first-order valence-corrected chi connectivity index (χ1v) is 5.35. The van der Waals surface area contributed by atoms with Crippen molar-refractivity contribution in [1.82, 2.24) is 0 Å². The van der Waals surface area contributed by atoms with E-state index in [0.29, 0.717) is 6.29 Å². The van der Waals surface area contributed by atoms with E-state index in [0.717, 1.165) is 12.1 Å². The van der Waals surface area contributed by atoms with Gasteiger partial charge in [0.15, 0.2) is 0 Å². The van der Waals surface area contributed by atoms with Crippen LogP contribution in [0.3, 0.4) is 0 Å². The molecule has 0 radical (unpaired) electrons. The van der Waals surface area contributed by atoms with Gasteiger partial charge in [0.2, 0.25) is 0 Å². The predicted molar refractivity (Wildman–Crippen MR) is 62.2 cm³/mol. The summed E-state index contributed by atoms with van der Waals surface area (Å²) in [7, 11) is 0. The van der Waals surface area contributed by atoms with Gasteiger partial charge in [-0.25, -0.2) is 4.39 Å². The van der Waals surface area contributed by atoms with Crippen molar-refractivity contribution in [2.75, 3.05) is 0 Å². The fourth-order valence-corrected chi connectivity index (χ4v) is 1.79. The molecule has 0 aliphatic rings. The largest absolute Gasteiger partial charge is 0.417 e. The molecule has 1 nitrogen and oxygen atoms in total. The number of benzene rings is 2. The summed E-state index contributed by atoms with van der Waals surface area (Å²) >= 11 is 0. The molecule has 0 N–H and O–H groups in total. The SMILES string of the molecule is O=Cc1ccc(-c2ccccc2C(F)(F)F)c(F)c1. The molecule has 2 aromatic rings. The van der Waals surface area contributed by atoms with Gasteiger partial charge in [0.05, 0.1) is 5.56 Å². The van der Waals surface area contributed by atoms with Crippen LogP contribution in [0.15, 0.2) is 42.5 Å². The molecule has 0 aliphatic heterocycles. The molecule has 0 aromatic heterocycles. The van der Waals surface area contributed by atoms with Gasteiger partial charge in [-0.3, -0.25) is 4.79 Å². The van der Waals surface area contributed by atoms with Crippen LogP contribution in [0.2, 0.25) is 0 Å². The molecule has 2 aromatic carbocycles. The summed E-state index contributed by atoms with van der Waals surface area (Å²) in [6, 6.07) is 8.09. The van der Waals surface area contributed by atoms with Crippen LogP contribution < -0.4 is 0 Å². The number of hydrogen-bond acceptors (Lipinski definition) is 1. The van der Waals surface area contributed by atoms with Crippen molar-refractivity contribution in [2.24, 2.45) is 0 Å². The Hall–Kier alpha value is -2.17. The second-order valence-electron chi connectivity index (χ2n) is 3.90. The van der Waals surface area contributed by atoms with Crippen LogP contribution >= 0.6 is 0 Å². The highest BCUT2D eigenvalue weighted by molar-refractivity contribution is 5.78. The van der Waals surface area contributed by atoms with E-state index >= 15 is 0 Å². The summed E-state index contributed by atoms with van der Waals surface area (Å²) in [6.07, 6.45) is -4.13. The Bertz CT molecular complexity index is 617. The molecule has 98 valence electrons. The fraction of sp³-hybridized carbons (Fsp3) is 0.0714. The summed E-state index contributed by atoms with van der Waals surface area (Å²) in [6.45, 7) is 0. The number of carbonyl (C=O) groups excluding carboxylic acids is 1. The Morgan fingerprint density at radius 3 is 2.21 bits per heavy atom. The van der Waals surface area contributed by atoms with E-state index in [1.807, 2.05) is 0 Å². The lowest BCUT2D eigenvalue weighted by molar-refractivity contribution is -0.137. The Kier molecular flexibility index (Phi) is 3.38. The molecule has 5 heteroatoms. The number of halogens is 4. The van der Waals surface area contributed by atoms with Crippen molar-refractivity contribution >= 4 is 6.29 Å². The van der Waals surface area contributed by atoms with Gasteiger partial charge in [0.1, 0.15) is 12.1 Å². The first kappa shape index (κ1) is 13.3. The maximum atomic E-state index is 13.8. The van der Waals surface area contributed by atoms with E-state index in [4.69, 9.17) is 0 Å². The predicted octanol–water partition coefficient (Wildman–Crippen LogP) is 4.32. The van der Waals surface area contributed by atoms with Crippen molar-refractivity contribution in [3.63, 3.8) is 0 Å². The van der Waals surface area contributed by atoms with Crippen LogP contribution in [-0.4, -0.2) is 6.29 Å². The number of rotatable bonds is 2. The van der Waals surface area contributed by atoms with Gasteiger partial charge >= 0.3 is 6.18 Å². The van der Waals surface area contributed by atoms with E-state index in [-0.39, 0.29) is 16.7 Å². The third kappa shape index (κ3) is 2.65. The smallest absolute Gasteiger partial charge is 0.298 e. The van der Waals surface area contributed by atoms with Crippen LogP contribution in [0, 0.1) is 5.82 Å². The van der Waals surface area contributed by atoms with Crippen molar-refractivity contribution in [3.8, 4) is 11.1 Å². The lowest BCUT2D eigenvalue weighted by Gasteiger charge is -2.13. The molecule has 19 heavy (non-hydrogen) atoms. The van der Waals surface area contributed by atoms with Crippen LogP contribution in [0.5, 0.6) is 0 Å². The van der Waals surface area contributed by atoms with Gasteiger partial charge in [-0.05, 0) is 17.7 Å². The highest BCUT2D eigenvalue weighted by Crippen LogP contribution is 2.37. The zero-order valence-electron chi connectivity index (χ0n) is 9.54. The number of alkyl halides is 3. The summed E-state index contributed by atoms with van der Waals surface area (Å²) in [5.41, 5.74) is -1.26.